The Balaban J connectivity index is 2.58. The van der Waals surface area contributed by atoms with E-state index in [4.69, 9.17) is 5.73 Å². The van der Waals surface area contributed by atoms with E-state index in [1.54, 1.807) is 13.1 Å². The lowest BCUT2D eigenvalue weighted by Gasteiger charge is -2.01. The quantitative estimate of drug-likeness (QED) is 0.608. The minimum Gasteiger partial charge on any atom is -0.508 e. The fourth-order valence-corrected chi connectivity index (χ4v) is 1.34. The molecule has 0 saturated heterocycles. The summed E-state index contributed by atoms with van der Waals surface area (Å²) in [6.45, 7) is 0. The molecule has 2 aromatic rings. The fraction of sp³-hybridized carbons (Fsp3) is 0.100. The summed E-state index contributed by atoms with van der Waals surface area (Å²) in [5.41, 5.74) is 6.61. The molecule has 0 aliphatic rings. The molecule has 78 valence electrons. The normalized spacial score (nSPS) is 10.5. The third kappa shape index (κ3) is 1.59. The molecule has 1 aromatic heterocycles. The molecule has 2 rings (SSSR count). The molecule has 5 nitrogen and oxygen atoms in total. The molecule has 5 heteroatoms. The minimum atomic E-state index is 0.0610. The maximum atomic E-state index is 9.59. The molecule has 0 amide bonds. The largest absolute Gasteiger partial charge is 0.508 e. The van der Waals surface area contributed by atoms with Crippen molar-refractivity contribution in [3.8, 4) is 22.8 Å². The third-order valence-corrected chi connectivity index (χ3v) is 2.17. The van der Waals surface area contributed by atoms with E-state index in [1.165, 1.54) is 22.9 Å². The Morgan fingerprint density at radius 3 is 2.60 bits per heavy atom. The van der Waals surface area contributed by atoms with Crippen LogP contribution in [0.5, 0.6) is 11.5 Å². The summed E-state index contributed by atoms with van der Waals surface area (Å²) in [5, 5.41) is 23.0. The average Bonchev–Trinajstić information content (AvgIpc) is 2.51. The standard InChI is InChI=1S/C10H11N3O2/c1-13-10(11)5-8(12-13)7-4-6(14)2-3-9(7)15/h2-5,14-15H,11H2,1H3. The second kappa shape index (κ2) is 3.20. The lowest BCUT2D eigenvalue weighted by atomic mass is 10.1. The minimum absolute atomic E-state index is 0.0610. The summed E-state index contributed by atoms with van der Waals surface area (Å²) in [7, 11) is 1.71. The topological polar surface area (TPSA) is 84.3 Å². The van der Waals surface area contributed by atoms with Gasteiger partial charge in [-0.1, -0.05) is 0 Å². The van der Waals surface area contributed by atoms with Crippen LogP contribution in [0.4, 0.5) is 5.82 Å². The van der Waals surface area contributed by atoms with Gasteiger partial charge in [-0.25, -0.2) is 0 Å². The highest BCUT2D eigenvalue weighted by molar-refractivity contribution is 5.70. The number of phenolic OH excluding ortho intramolecular Hbond substituents is 2. The van der Waals surface area contributed by atoms with E-state index in [0.717, 1.165) is 0 Å². The van der Waals surface area contributed by atoms with Crippen molar-refractivity contribution >= 4 is 5.82 Å². The van der Waals surface area contributed by atoms with Gasteiger partial charge in [0.25, 0.3) is 0 Å². The predicted molar refractivity (Wildman–Crippen MR) is 56.4 cm³/mol. The molecule has 1 heterocycles. The summed E-state index contributed by atoms with van der Waals surface area (Å²) in [4.78, 5) is 0. The monoisotopic (exact) mass is 205 g/mol. The van der Waals surface area contributed by atoms with E-state index < -0.39 is 0 Å². The van der Waals surface area contributed by atoms with Crippen LogP contribution in [0.1, 0.15) is 0 Å². The van der Waals surface area contributed by atoms with Crippen LogP contribution in [0.25, 0.3) is 11.3 Å². The highest BCUT2D eigenvalue weighted by Crippen LogP contribution is 2.31. The number of benzene rings is 1. The number of hydrogen-bond donors (Lipinski definition) is 3. The van der Waals surface area contributed by atoms with Gasteiger partial charge in [0.1, 0.15) is 17.3 Å². The van der Waals surface area contributed by atoms with Gasteiger partial charge in [-0.05, 0) is 18.2 Å². The van der Waals surface area contributed by atoms with E-state index in [9.17, 15) is 10.2 Å². The van der Waals surface area contributed by atoms with Gasteiger partial charge in [-0.3, -0.25) is 4.68 Å². The van der Waals surface area contributed by atoms with Crippen LogP contribution in [0.3, 0.4) is 0 Å². The lowest BCUT2D eigenvalue weighted by molar-refractivity contribution is 0.461. The predicted octanol–water partition coefficient (Wildman–Crippen LogP) is 1.08. The zero-order valence-electron chi connectivity index (χ0n) is 8.18. The number of aryl methyl sites for hydroxylation is 1. The Labute approximate surface area is 86.4 Å². The Morgan fingerprint density at radius 1 is 1.27 bits per heavy atom. The van der Waals surface area contributed by atoms with Gasteiger partial charge in [0.2, 0.25) is 0 Å². The summed E-state index contributed by atoms with van der Waals surface area (Å²) in [6, 6.07) is 5.90. The van der Waals surface area contributed by atoms with Crippen molar-refractivity contribution < 1.29 is 10.2 Å². The van der Waals surface area contributed by atoms with Crippen LogP contribution in [-0.4, -0.2) is 20.0 Å². The zero-order valence-corrected chi connectivity index (χ0v) is 8.18. The molecule has 4 N–H and O–H groups in total. The number of nitrogens with two attached hydrogens (primary N) is 1. The van der Waals surface area contributed by atoms with Gasteiger partial charge in [0.15, 0.2) is 0 Å². The second-order valence-electron chi connectivity index (χ2n) is 3.28. The average molecular weight is 205 g/mol. The van der Waals surface area contributed by atoms with E-state index in [2.05, 4.69) is 5.10 Å². The first kappa shape index (κ1) is 9.39. The van der Waals surface area contributed by atoms with Gasteiger partial charge in [0, 0.05) is 18.7 Å². The molecule has 0 aliphatic heterocycles. The smallest absolute Gasteiger partial charge is 0.125 e. The molecular formula is C10H11N3O2. The number of aromatic hydroxyl groups is 2. The second-order valence-corrected chi connectivity index (χ2v) is 3.28. The van der Waals surface area contributed by atoms with Crippen LogP contribution >= 0.6 is 0 Å². The van der Waals surface area contributed by atoms with Crippen molar-refractivity contribution in [3.63, 3.8) is 0 Å². The van der Waals surface area contributed by atoms with Crippen LogP contribution in [0.2, 0.25) is 0 Å². The van der Waals surface area contributed by atoms with Crippen molar-refractivity contribution in [2.24, 2.45) is 7.05 Å². The highest BCUT2D eigenvalue weighted by Gasteiger charge is 2.09. The number of phenols is 2. The van der Waals surface area contributed by atoms with Crippen LogP contribution in [0.15, 0.2) is 24.3 Å². The SMILES string of the molecule is Cn1nc(-c2cc(O)ccc2O)cc1N. The van der Waals surface area contributed by atoms with Crippen molar-refractivity contribution in [2.45, 2.75) is 0 Å². The molecule has 0 atom stereocenters. The summed E-state index contributed by atoms with van der Waals surface area (Å²) < 4.78 is 1.50. The van der Waals surface area contributed by atoms with Crippen LogP contribution in [0, 0.1) is 0 Å². The zero-order chi connectivity index (χ0) is 11.0. The van der Waals surface area contributed by atoms with Gasteiger partial charge in [-0.2, -0.15) is 5.10 Å². The highest BCUT2D eigenvalue weighted by atomic mass is 16.3. The number of rotatable bonds is 1. The molecule has 0 radical (unpaired) electrons. The molecular weight excluding hydrogens is 194 g/mol. The Morgan fingerprint density at radius 2 is 2.00 bits per heavy atom. The van der Waals surface area contributed by atoms with Crippen molar-refractivity contribution in [3.05, 3.63) is 24.3 Å². The lowest BCUT2D eigenvalue weighted by Crippen LogP contribution is -1.96. The number of hydrogen-bond acceptors (Lipinski definition) is 4. The molecule has 0 saturated carbocycles. The first-order chi connectivity index (χ1) is 7.08. The van der Waals surface area contributed by atoms with E-state index in [0.29, 0.717) is 17.1 Å². The maximum absolute atomic E-state index is 9.59. The summed E-state index contributed by atoms with van der Waals surface area (Å²) in [6.07, 6.45) is 0. The molecule has 0 aliphatic carbocycles. The molecule has 0 bridgehead atoms. The van der Waals surface area contributed by atoms with E-state index in [1.807, 2.05) is 0 Å². The maximum Gasteiger partial charge on any atom is 0.125 e. The Kier molecular flexibility index (Phi) is 2.00. The van der Waals surface area contributed by atoms with Crippen LogP contribution in [-0.2, 0) is 7.05 Å². The molecule has 0 unspecified atom stereocenters. The van der Waals surface area contributed by atoms with Gasteiger partial charge < -0.3 is 15.9 Å². The van der Waals surface area contributed by atoms with Crippen molar-refractivity contribution in [2.75, 3.05) is 5.73 Å². The van der Waals surface area contributed by atoms with Gasteiger partial charge >= 0.3 is 0 Å². The van der Waals surface area contributed by atoms with Gasteiger partial charge in [0.05, 0.1) is 5.69 Å². The number of nitrogens with zero attached hydrogens (tertiary/aromatic N) is 2. The summed E-state index contributed by atoms with van der Waals surface area (Å²) >= 11 is 0. The molecule has 15 heavy (non-hydrogen) atoms. The van der Waals surface area contributed by atoms with E-state index in [-0.39, 0.29) is 11.5 Å². The number of aromatic nitrogens is 2. The van der Waals surface area contributed by atoms with Crippen molar-refractivity contribution in [1.29, 1.82) is 0 Å². The van der Waals surface area contributed by atoms with E-state index >= 15 is 0 Å². The molecule has 1 aromatic carbocycles. The van der Waals surface area contributed by atoms with Crippen LogP contribution < -0.4 is 5.73 Å². The number of anilines is 1. The summed E-state index contributed by atoms with van der Waals surface area (Å²) in [5.74, 6) is 0.630. The Bertz CT molecular complexity index is 486. The molecule has 0 spiro atoms. The third-order valence-electron chi connectivity index (χ3n) is 2.17. The van der Waals surface area contributed by atoms with Crippen molar-refractivity contribution in [1.82, 2.24) is 9.78 Å². The first-order valence-corrected chi connectivity index (χ1v) is 4.40. The van der Waals surface area contributed by atoms with Gasteiger partial charge in [-0.15, -0.1) is 0 Å². The first-order valence-electron chi connectivity index (χ1n) is 4.40. The number of nitrogen functional groups attached to an aromatic ring is 1. The Hall–Kier alpha value is -2.17. The fourth-order valence-electron chi connectivity index (χ4n) is 1.34. The molecule has 0 fully saturated rings.